The molecule has 0 saturated heterocycles. The molecule has 0 aliphatic rings. The quantitative estimate of drug-likeness (QED) is 0.601. The molecule has 7 nitrogen and oxygen atoms in total. The molecule has 3 N–H and O–H groups in total. The van der Waals surface area contributed by atoms with E-state index in [1.807, 2.05) is 35.9 Å². The molecule has 0 radical (unpaired) electrons. The molecule has 0 fully saturated rings. The Hall–Kier alpha value is -3.32. The van der Waals surface area contributed by atoms with Crippen LogP contribution < -0.4 is 16.2 Å². The van der Waals surface area contributed by atoms with E-state index < -0.39 is 17.7 Å². The lowest BCUT2D eigenvalue weighted by Gasteiger charge is -2.08. The van der Waals surface area contributed by atoms with Crippen molar-refractivity contribution in [3.63, 3.8) is 0 Å². The van der Waals surface area contributed by atoms with Crippen LogP contribution in [0.4, 0.5) is 0 Å². The molecule has 3 aromatic rings. The van der Waals surface area contributed by atoms with E-state index >= 15 is 0 Å². The fraction of sp³-hybridized carbons (Fsp3) is 0.105. The summed E-state index contributed by atoms with van der Waals surface area (Å²) >= 11 is 5.83. The second-order valence-corrected chi connectivity index (χ2v) is 6.30. The summed E-state index contributed by atoms with van der Waals surface area (Å²) in [5.41, 5.74) is 6.33. The lowest BCUT2D eigenvalue weighted by atomic mass is 10.2. The Labute approximate surface area is 160 Å². The van der Waals surface area contributed by atoms with Crippen LogP contribution in [0.15, 0.2) is 54.7 Å². The number of fused-ring (bicyclic) bond motifs is 1. The minimum atomic E-state index is -0.557. The second kappa shape index (κ2) is 7.92. The van der Waals surface area contributed by atoms with Crippen LogP contribution in [0.1, 0.15) is 20.7 Å². The van der Waals surface area contributed by atoms with Crippen molar-refractivity contribution in [2.24, 2.45) is 7.05 Å². The molecule has 0 saturated carbocycles. The van der Waals surface area contributed by atoms with E-state index in [2.05, 4.69) is 16.2 Å². The molecular formula is C19H17ClN4O3. The van der Waals surface area contributed by atoms with Crippen molar-refractivity contribution in [2.75, 3.05) is 6.54 Å². The van der Waals surface area contributed by atoms with Crippen molar-refractivity contribution in [2.45, 2.75) is 0 Å². The predicted molar refractivity (Wildman–Crippen MR) is 102 cm³/mol. The maximum absolute atomic E-state index is 12.3. The number of carbonyl (C=O) groups is 3. The summed E-state index contributed by atoms with van der Waals surface area (Å²) in [5.74, 6) is -1.44. The number of rotatable bonds is 4. The summed E-state index contributed by atoms with van der Waals surface area (Å²) < 4.78 is 1.83. The zero-order valence-corrected chi connectivity index (χ0v) is 15.2. The lowest BCUT2D eigenvalue weighted by molar-refractivity contribution is -0.120. The van der Waals surface area contributed by atoms with Crippen LogP contribution in [0.2, 0.25) is 5.02 Å². The summed E-state index contributed by atoms with van der Waals surface area (Å²) in [5, 5.41) is 3.66. The Kier molecular flexibility index (Phi) is 5.42. The molecule has 0 atom stereocenters. The van der Waals surface area contributed by atoms with E-state index in [0.717, 1.165) is 10.9 Å². The van der Waals surface area contributed by atoms with Gasteiger partial charge in [-0.15, -0.1) is 0 Å². The number of carbonyl (C=O) groups excluding carboxylic acids is 3. The molecular weight excluding hydrogens is 368 g/mol. The molecule has 3 amide bonds. The monoisotopic (exact) mass is 384 g/mol. The molecule has 0 spiro atoms. The highest BCUT2D eigenvalue weighted by molar-refractivity contribution is 6.31. The number of nitrogens with one attached hydrogen (secondary N) is 3. The van der Waals surface area contributed by atoms with Gasteiger partial charge in [0.05, 0.1) is 12.1 Å². The van der Waals surface area contributed by atoms with Gasteiger partial charge in [0.15, 0.2) is 0 Å². The number of aromatic nitrogens is 1. The maximum atomic E-state index is 12.3. The molecule has 0 bridgehead atoms. The van der Waals surface area contributed by atoms with Gasteiger partial charge in [-0.1, -0.05) is 35.9 Å². The van der Waals surface area contributed by atoms with Gasteiger partial charge in [-0.3, -0.25) is 25.2 Å². The number of hydrogen-bond acceptors (Lipinski definition) is 3. The van der Waals surface area contributed by atoms with Crippen LogP contribution >= 0.6 is 11.6 Å². The largest absolute Gasteiger partial charge is 0.350 e. The van der Waals surface area contributed by atoms with E-state index in [0.29, 0.717) is 16.1 Å². The average Bonchev–Trinajstić information content (AvgIpc) is 3.01. The van der Waals surface area contributed by atoms with E-state index in [4.69, 9.17) is 11.6 Å². The predicted octanol–water partition coefficient (Wildman–Crippen LogP) is 2.02. The van der Waals surface area contributed by atoms with Gasteiger partial charge in [0.2, 0.25) is 0 Å². The van der Waals surface area contributed by atoms with Crippen molar-refractivity contribution in [1.29, 1.82) is 0 Å². The molecule has 2 aromatic carbocycles. The third kappa shape index (κ3) is 4.27. The Morgan fingerprint density at radius 2 is 1.78 bits per heavy atom. The summed E-state index contributed by atoms with van der Waals surface area (Å²) in [7, 11) is 1.84. The van der Waals surface area contributed by atoms with Crippen LogP contribution in [0.5, 0.6) is 0 Å². The number of halogens is 1. The van der Waals surface area contributed by atoms with Gasteiger partial charge in [0, 0.05) is 34.7 Å². The smallest absolute Gasteiger partial charge is 0.271 e. The first-order valence-electron chi connectivity index (χ1n) is 8.12. The Balaban J connectivity index is 1.54. The van der Waals surface area contributed by atoms with Crippen LogP contribution in [-0.2, 0) is 11.8 Å². The summed E-state index contributed by atoms with van der Waals surface area (Å²) in [6.07, 6.45) is 1.69. The minimum absolute atomic E-state index is 0.291. The first kappa shape index (κ1) is 18.5. The fourth-order valence-electron chi connectivity index (χ4n) is 2.65. The maximum Gasteiger partial charge on any atom is 0.271 e. The number of amides is 3. The number of hydrogen-bond donors (Lipinski definition) is 3. The van der Waals surface area contributed by atoms with Gasteiger partial charge in [0.1, 0.15) is 0 Å². The zero-order valence-electron chi connectivity index (χ0n) is 14.5. The van der Waals surface area contributed by atoms with Crippen molar-refractivity contribution < 1.29 is 14.4 Å². The summed E-state index contributed by atoms with van der Waals surface area (Å²) in [6, 6.07) is 13.8. The Morgan fingerprint density at radius 3 is 2.56 bits per heavy atom. The SMILES string of the molecule is Cn1cc(C(=O)NNC(=O)CNC(=O)c2cccc(Cl)c2)c2ccccc21. The van der Waals surface area contributed by atoms with Crippen molar-refractivity contribution in [3.8, 4) is 0 Å². The van der Waals surface area contributed by atoms with Crippen LogP contribution in [0, 0.1) is 0 Å². The van der Waals surface area contributed by atoms with Crippen LogP contribution in [0.3, 0.4) is 0 Å². The number of para-hydroxylation sites is 1. The third-order valence-corrected chi connectivity index (χ3v) is 4.19. The fourth-order valence-corrected chi connectivity index (χ4v) is 2.84. The van der Waals surface area contributed by atoms with E-state index in [9.17, 15) is 14.4 Å². The molecule has 3 rings (SSSR count). The average molecular weight is 385 g/mol. The Bertz CT molecular complexity index is 1030. The van der Waals surface area contributed by atoms with Gasteiger partial charge < -0.3 is 9.88 Å². The molecule has 138 valence electrons. The van der Waals surface area contributed by atoms with Crippen molar-refractivity contribution in [3.05, 3.63) is 70.9 Å². The third-order valence-electron chi connectivity index (χ3n) is 3.95. The minimum Gasteiger partial charge on any atom is -0.350 e. The highest BCUT2D eigenvalue weighted by Crippen LogP contribution is 2.19. The van der Waals surface area contributed by atoms with Gasteiger partial charge in [0.25, 0.3) is 17.7 Å². The number of benzene rings is 2. The molecule has 1 heterocycles. The van der Waals surface area contributed by atoms with E-state index in [-0.39, 0.29) is 6.54 Å². The normalized spacial score (nSPS) is 10.4. The van der Waals surface area contributed by atoms with E-state index in [1.165, 1.54) is 6.07 Å². The van der Waals surface area contributed by atoms with Gasteiger partial charge in [-0.2, -0.15) is 0 Å². The highest BCUT2D eigenvalue weighted by atomic mass is 35.5. The first-order valence-corrected chi connectivity index (χ1v) is 8.50. The topological polar surface area (TPSA) is 92.2 Å². The number of hydrazine groups is 1. The van der Waals surface area contributed by atoms with Crippen molar-refractivity contribution >= 4 is 40.2 Å². The summed E-state index contributed by atoms with van der Waals surface area (Å²) in [4.78, 5) is 36.2. The van der Waals surface area contributed by atoms with E-state index in [1.54, 1.807) is 24.4 Å². The first-order chi connectivity index (χ1) is 13.0. The number of aryl methyl sites for hydroxylation is 1. The summed E-state index contributed by atoms with van der Waals surface area (Å²) in [6.45, 7) is -0.291. The zero-order chi connectivity index (χ0) is 19.4. The van der Waals surface area contributed by atoms with Gasteiger partial charge >= 0.3 is 0 Å². The molecule has 0 aliphatic carbocycles. The highest BCUT2D eigenvalue weighted by Gasteiger charge is 2.14. The standard InChI is InChI=1S/C19H17ClN4O3/c1-24-11-15(14-7-2-3-8-16(14)24)19(27)23-22-17(25)10-21-18(26)12-5-4-6-13(20)9-12/h2-9,11H,10H2,1H3,(H,21,26)(H,22,25)(H,23,27). The van der Waals surface area contributed by atoms with Crippen LogP contribution in [-0.4, -0.2) is 28.8 Å². The van der Waals surface area contributed by atoms with Gasteiger partial charge in [-0.05, 0) is 24.3 Å². The molecule has 1 aromatic heterocycles. The molecule has 0 aliphatic heterocycles. The van der Waals surface area contributed by atoms with Gasteiger partial charge in [-0.25, -0.2) is 0 Å². The second-order valence-electron chi connectivity index (χ2n) is 5.87. The lowest BCUT2D eigenvalue weighted by Crippen LogP contribution is -2.46. The molecule has 8 heteroatoms. The Morgan fingerprint density at radius 1 is 1.00 bits per heavy atom. The number of nitrogens with zero attached hydrogens (tertiary/aromatic N) is 1. The molecule has 0 unspecified atom stereocenters. The molecule has 27 heavy (non-hydrogen) atoms. The van der Waals surface area contributed by atoms with Crippen molar-refractivity contribution in [1.82, 2.24) is 20.7 Å². The van der Waals surface area contributed by atoms with Crippen LogP contribution in [0.25, 0.3) is 10.9 Å².